The van der Waals surface area contributed by atoms with Gasteiger partial charge in [-0.3, -0.25) is 20.4 Å². The van der Waals surface area contributed by atoms with Crippen LogP contribution < -0.4 is 10.9 Å². The second-order valence-electron chi connectivity index (χ2n) is 1.96. The van der Waals surface area contributed by atoms with E-state index in [1.807, 2.05) is 0 Å². The Morgan fingerprint density at radius 2 is 1.33 bits per heavy atom. The van der Waals surface area contributed by atoms with Gasteiger partial charge in [-0.15, -0.1) is 0 Å². The summed E-state index contributed by atoms with van der Waals surface area (Å²) in [6, 6.07) is 0. The van der Waals surface area contributed by atoms with Gasteiger partial charge in [0.2, 0.25) is 0 Å². The molecule has 12 heavy (non-hydrogen) atoms. The summed E-state index contributed by atoms with van der Waals surface area (Å²) >= 11 is 0. The number of amides is 2. The molecule has 6 nitrogen and oxygen atoms in total. The summed E-state index contributed by atoms with van der Waals surface area (Å²) in [6.45, 7) is -0.180. The number of methoxy groups -OCH3 is 2. The Hall–Kier alpha value is -1.14. The summed E-state index contributed by atoms with van der Waals surface area (Å²) in [7, 11) is 2.77. The predicted molar refractivity (Wildman–Crippen MR) is 40.0 cm³/mol. The van der Waals surface area contributed by atoms with Gasteiger partial charge in [0.25, 0.3) is 11.8 Å². The van der Waals surface area contributed by atoms with E-state index in [1.165, 1.54) is 14.2 Å². The third-order valence-electron chi connectivity index (χ3n) is 0.892. The lowest BCUT2D eigenvalue weighted by molar-refractivity contribution is -0.132. The molecule has 0 aromatic rings. The second kappa shape index (κ2) is 6.56. The zero-order chi connectivity index (χ0) is 9.40. The van der Waals surface area contributed by atoms with Gasteiger partial charge in [0, 0.05) is 14.2 Å². The zero-order valence-electron chi connectivity index (χ0n) is 7.05. The maximum absolute atomic E-state index is 10.7. The Morgan fingerprint density at radius 3 is 1.58 bits per heavy atom. The first-order chi connectivity index (χ1) is 5.70. The molecule has 0 aliphatic rings. The van der Waals surface area contributed by atoms with Gasteiger partial charge in [-0.2, -0.15) is 0 Å². The number of hydrogen-bond acceptors (Lipinski definition) is 4. The number of carbonyl (C=O) groups is 2. The lowest BCUT2D eigenvalue weighted by Gasteiger charge is -2.05. The van der Waals surface area contributed by atoms with E-state index in [1.54, 1.807) is 0 Å². The van der Waals surface area contributed by atoms with Gasteiger partial charge in [0.1, 0.15) is 13.2 Å². The maximum Gasteiger partial charge on any atom is 0.264 e. The van der Waals surface area contributed by atoms with Gasteiger partial charge in [-0.05, 0) is 0 Å². The van der Waals surface area contributed by atoms with Crippen LogP contribution in [0.1, 0.15) is 0 Å². The van der Waals surface area contributed by atoms with Gasteiger partial charge < -0.3 is 9.47 Å². The van der Waals surface area contributed by atoms with Crippen molar-refractivity contribution in [3.8, 4) is 0 Å². The first kappa shape index (κ1) is 10.9. The van der Waals surface area contributed by atoms with Crippen molar-refractivity contribution in [2.24, 2.45) is 0 Å². The largest absolute Gasteiger partial charge is 0.375 e. The van der Waals surface area contributed by atoms with Gasteiger partial charge >= 0.3 is 0 Å². The standard InChI is InChI=1S/C6H12N2O4/c1-11-3-5(9)7-8-6(10)4-12-2/h3-4H2,1-2H3,(H,7,9)(H,8,10). The number of hydrogen-bond donors (Lipinski definition) is 2. The first-order valence-corrected chi connectivity index (χ1v) is 3.26. The van der Waals surface area contributed by atoms with E-state index < -0.39 is 11.8 Å². The fraction of sp³-hybridized carbons (Fsp3) is 0.667. The van der Waals surface area contributed by atoms with E-state index in [9.17, 15) is 9.59 Å². The minimum absolute atomic E-state index is 0.0900. The fourth-order valence-corrected chi connectivity index (χ4v) is 0.474. The Bertz CT molecular complexity index is 142. The normalized spacial score (nSPS) is 9.17. The average molecular weight is 176 g/mol. The molecular formula is C6H12N2O4. The van der Waals surface area contributed by atoms with Gasteiger partial charge in [-0.1, -0.05) is 0 Å². The third-order valence-corrected chi connectivity index (χ3v) is 0.892. The molecule has 70 valence electrons. The molecule has 0 spiro atoms. The monoisotopic (exact) mass is 176 g/mol. The van der Waals surface area contributed by atoms with E-state index in [4.69, 9.17) is 0 Å². The van der Waals surface area contributed by atoms with Gasteiger partial charge in [-0.25, -0.2) is 0 Å². The molecule has 0 aliphatic carbocycles. The summed E-state index contributed by atoms with van der Waals surface area (Å²) in [5.41, 5.74) is 4.25. The Balaban J connectivity index is 3.40. The highest BCUT2D eigenvalue weighted by molar-refractivity contribution is 5.83. The highest BCUT2D eigenvalue weighted by atomic mass is 16.5. The van der Waals surface area contributed by atoms with E-state index in [-0.39, 0.29) is 13.2 Å². The number of hydrazine groups is 1. The fourth-order valence-electron chi connectivity index (χ4n) is 0.474. The highest BCUT2D eigenvalue weighted by Crippen LogP contribution is 1.68. The van der Waals surface area contributed by atoms with Crippen LogP contribution in [0.15, 0.2) is 0 Å². The smallest absolute Gasteiger partial charge is 0.264 e. The van der Waals surface area contributed by atoms with Crippen LogP contribution in [0.3, 0.4) is 0 Å². The number of ether oxygens (including phenoxy) is 2. The molecule has 0 heterocycles. The SMILES string of the molecule is COCC(=O)NNC(=O)COC. The molecule has 0 rings (SSSR count). The van der Waals surface area contributed by atoms with Crippen molar-refractivity contribution < 1.29 is 19.1 Å². The number of rotatable bonds is 4. The molecule has 0 unspecified atom stereocenters. The van der Waals surface area contributed by atoms with E-state index >= 15 is 0 Å². The van der Waals surface area contributed by atoms with Crippen LogP contribution in [-0.2, 0) is 19.1 Å². The molecule has 0 bridgehead atoms. The zero-order valence-corrected chi connectivity index (χ0v) is 7.05. The molecule has 0 aromatic carbocycles. The molecule has 2 amide bonds. The molecule has 2 N–H and O–H groups in total. The van der Waals surface area contributed by atoms with Crippen molar-refractivity contribution in [3.63, 3.8) is 0 Å². The van der Waals surface area contributed by atoms with Crippen LogP contribution in [0.2, 0.25) is 0 Å². The van der Waals surface area contributed by atoms with Crippen molar-refractivity contribution in [2.45, 2.75) is 0 Å². The minimum atomic E-state index is -0.415. The van der Waals surface area contributed by atoms with E-state index in [0.29, 0.717) is 0 Å². The lowest BCUT2D eigenvalue weighted by Crippen LogP contribution is -2.44. The average Bonchev–Trinajstić information content (AvgIpc) is 2.02. The summed E-state index contributed by atoms with van der Waals surface area (Å²) in [6.07, 6.45) is 0. The third kappa shape index (κ3) is 5.63. The molecule has 0 aliphatic heterocycles. The van der Waals surface area contributed by atoms with Crippen molar-refractivity contribution in [1.82, 2.24) is 10.9 Å². The summed E-state index contributed by atoms with van der Waals surface area (Å²) in [4.78, 5) is 21.3. The first-order valence-electron chi connectivity index (χ1n) is 3.26. The summed E-state index contributed by atoms with van der Waals surface area (Å²) in [5, 5.41) is 0. The summed E-state index contributed by atoms with van der Waals surface area (Å²) < 4.78 is 9.00. The van der Waals surface area contributed by atoms with Crippen LogP contribution in [0, 0.1) is 0 Å². The second-order valence-corrected chi connectivity index (χ2v) is 1.96. The van der Waals surface area contributed by atoms with Crippen molar-refractivity contribution >= 4 is 11.8 Å². The molecule has 0 saturated carbocycles. The van der Waals surface area contributed by atoms with Gasteiger partial charge in [0.05, 0.1) is 0 Å². The Labute approximate surface area is 70.2 Å². The molecule has 0 radical (unpaired) electrons. The van der Waals surface area contributed by atoms with Crippen molar-refractivity contribution in [2.75, 3.05) is 27.4 Å². The van der Waals surface area contributed by atoms with Crippen molar-refractivity contribution in [1.29, 1.82) is 0 Å². The lowest BCUT2D eigenvalue weighted by atomic mass is 10.6. The Kier molecular flexibility index (Phi) is 5.94. The quantitative estimate of drug-likeness (QED) is 0.507. The summed E-state index contributed by atoms with van der Waals surface area (Å²) in [5.74, 6) is -0.830. The molecular weight excluding hydrogens is 164 g/mol. The van der Waals surface area contributed by atoms with Crippen molar-refractivity contribution in [3.05, 3.63) is 0 Å². The van der Waals surface area contributed by atoms with E-state index in [0.717, 1.165) is 0 Å². The van der Waals surface area contributed by atoms with Gasteiger partial charge in [0.15, 0.2) is 0 Å². The van der Waals surface area contributed by atoms with Crippen LogP contribution in [0.25, 0.3) is 0 Å². The van der Waals surface area contributed by atoms with E-state index in [2.05, 4.69) is 20.3 Å². The molecule has 0 saturated heterocycles. The maximum atomic E-state index is 10.7. The number of carbonyl (C=O) groups excluding carboxylic acids is 2. The van der Waals surface area contributed by atoms with Crippen LogP contribution in [-0.4, -0.2) is 39.2 Å². The van der Waals surface area contributed by atoms with Crippen LogP contribution >= 0.6 is 0 Å². The number of nitrogens with one attached hydrogen (secondary N) is 2. The molecule has 0 aromatic heterocycles. The van der Waals surface area contributed by atoms with Crippen LogP contribution in [0.5, 0.6) is 0 Å². The predicted octanol–water partition coefficient (Wildman–Crippen LogP) is -1.57. The van der Waals surface area contributed by atoms with Crippen LogP contribution in [0.4, 0.5) is 0 Å². The Morgan fingerprint density at radius 1 is 1.00 bits per heavy atom. The molecule has 6 heteroatoms. The molecule has 0 fully saturated rings. The topological polar surface area (TPSA) is 76.7 Å². The minimum Gasteiger partial charge on any atom is -0.375 e. The highest BCUT2D eigenvalue weighted by Gasteiger charge is 2.02. The molecule has 0 atom stereocenters.